The van der Waals surface area contributed by atoms with Crippen LogP contribution in [0.2, 0.25) is 0 Å². The van der Waals surface area contributed by atoms with E-state index in [2.05, 4.69) is 13.8 Å². The molecule has 16 heteroatoms. The van der Waals surface area contributed by atoms with E-state index in [1.54, 1.807) is 6.92 Å². The number of nitrogens with one attached hydrogen (secondary N) is 1. The van der Waals surface area contributed by atoms with Gasteiger partial charge in [-0.1, -0.05) is 203 Å². The maximum Gasteiger partial charge on any atom is 0.229 e. The first-order chi connectivity index (χ1) is 41.5. The average Bonchev–Trinajstić information content (AvgIpc) is 2.53. The van der Waals surface area contributed by atoms with Gasteiger partial charge in [0.25, 0.3) is 0 Å². The molecule has 5 aliphatic heterocycles. The van der Waals surface area contributed by atoms with Crippen LogP contribution < -0.4 is 0 Å². The summed E-state index contributed by atoms with van der Waals surface area (Å²) in [5, 5.41) is 8.46. The van der Waals surface area contributed by atoms with Gasteiger partial charge in [-0.25, -0.2) is 0 Å². The molecule has 6 unspecified atom stereocenters. The van der Waals surface area contributed by atoms with E-state index in [1.807, 2.05) is 196 Å². The van der Waals surface area contributed by atoms with Crippen LogP contribution in [0.3, 0.4) is 0 Å². The second kappa shape index (κ2) is 28.8. The van der Waals surface area contributed by atoms with E-state index in [-0.39, 0.29) is 51.5 Å². The lowest BCUT2D eigenvalue weighted by Gasteiger charge is -2.51. The highest BCUT2D eigenvalue weighted by Crippen LogP contribution is 2.52. The van der Waals surface area contributed by atoms with E-state index in [1.165, 1.54) is 0 Å². The Labute approximate surface area is 499 Å². The Morgan fingerprint density at radius 2 is 0.988 bits per heavy atom. The summed E-state index contributed by atoms with van der Waals surface area (Å²) in [5.74, 6) is -2.64. The van der Waals surface area contributed by atoms with Crippen LogP contribution in [0.1, 0.15) is 74.3 Å². The number of hydrogen-bond acceptors (Lipinski definition) is 16. The van der Waals surface area contributed by atoms with Crippen molar-refractivity contribution in [2.45, 2.75) is 153 Å². The van der Waals surface area contributed by atoms with E-state index in [4.69, 9.17) is 76.5 Å². The van der Waals surface area contributed by atoms with Crippen LogP contribution in [0, 0.1) is 23.2 Å². The Morgan fingerprint density at radius 3 is 1.55 bits per heavy atom. The second-order valence-corrected chi connectivity index (χ2v) is 23.1. The maximum absolute atomic E-state index is 8.46. The molecule has 0 saturated carbocycles. The summed E-state index contributed by atoms with van der Waals surface area (Å²) < 4.78 is 103. The summed E-state index contributed by atoms with van der Waals surface area (Å²) in [4.78, 5) is 0. The monoisotopic (exact) mass is 1160 g/mol. The predicted molar refractivity (Wildman–Crippen MR) is 314 cm³/mol. The molecule has 6 aromatic rings. The van der Waals surface area contributed by atoms with E-state index >= 15 is 0 Å². The van der Waals surface area contributed by atoms with Crippen LogP contribution in [0.25, 0.3) is 0 Å². The Kier molecular flexibility index (Phi) is 20.7. The fraction of sp³-hybridized carbons (Fsp3) is 0.464. The highest BCUT2D eigenvalue weighted by molar-refractivity contribution is 5.69. The number of fused-ring (bicyclic) bond motifs is 1. The lowest BCUT2D eigenvalue weighted by molar-refractivity contribution is -0.376. The molecular formula is C69H81NO15. The van der Waals surface area contributed by atoms with Gasteiger partial charge in [0.2, 0.25) is 12.1 Å². The molecule has 85 heavy (non-hydrogen) atoms. The van der Waals surface area contributed by atoms with Gasteiger partial charge in [-0.05, 0) is 34.7 Å². The fourth-order valence-electron chi connectivity index (χ4n) is 12.0. The summed E-state index contributed by atoms with van der Waals surface area (Å²) in [6, 6.07) is 60.0. The Morgan fingerprint density at radius 1 is 0.494 bits per heavy atom. The summed E-state index contributed by atoms with van der Waals surface area (Å²) in [6.45, 7) is 11.9. The van der Waals surface area contributed by atoms with Crippen molar-refractivity contribution in [1.29, 1.82) is 5.41 Å². The van der Waals surface area contributed by atoms with E-state index in [0.717, 1.165) is 33.4 Å². The van der Waals surface area contributed by atoms with Gasteiger partial charge in [0.1, 0.15) is 31.0 Å². The molecule has 452 valence electrons. The van der Waals surface area contributed by atoms with Crippen molar-refractivity contribution >= 4 is 5.90 Å². The summed E-state index contributed by atoms with van der Waals surface area (Å²) >= 11 is 0. The van der Waals surface area contributed by atoms with Crippen molar-refractivity contribution in [2.75, 3.05) is 33.0 Å². The minimum Gasteiger partial charge on any atom is -0.452 e. The van der Waals surface area contributed by atoms with Gasteiger partial charge < -0.3 is 71.1 Å². The van der Waals surface area contributed by atoms with Crippen LogP contribution in [-0.2, 0) is 104 Å². The van der Waals surface area contributed by atoms with Crippen LogP contribution in [0.15, 0.2) is 182 Å². The maximum atomic E-state index is 8.46. The molecule has 0 radical (unpaired) electrons. The third kappa shape index (κ3) is 14.8. The molecule has 0 spiro atoms. The summed E-state index contributed by atoms with van der Waals surface area (Å²) in [6.07, 6.45) is -9.21. The Bertz CT molecular complexity index is 2960. The summed E-state index contributed by atoms with van der Waals surface area (Å²) in [7, 11) is 0. The van der Waals surface area contributed by atoms with Crippen molar-refractivity contribution in [1.82, 2.24) is 0 Å². The SMILES string of the molecule is CC(=N)O[C@@H]1OC(C)[C@H](O[C@@H]2OC[C@@H](C)C(OC34COC[C@@]3(COCc3ccccc3)O[C@@H](c3ccccc3)O4)[C@H]2OCc2ccccc2)C(O[C@@H]2OC(COCc3ccccc3)[C@@H](OCc3ccccc3)C(OCc3ccccc3)[C@H]2C)[C@@H]1C. The van der Waals surface area contributed by atoms with E-state index in [9.17, 15) is 0 Å². The van der Waals surface area contributed by atoms with Crippen molar-refractivity contribution in [3.05, 3.63) is 215 Å². The van der Waals surface area contributed by atoms with Gasteiger partial charge in [0.15, 0.2) is 30.4 Å². The molecule has 5 saturated heterocycles. The lowest BCUT2D eigenvalue weighted by Crippen LogP contribution is -2.64. The fourth-order valence-corrected chi connectivity index (χ4v) is 12.0. The average molecular weight is 1160 g/mol. The van der Waals surface area contributed by atoms with Gasteiger partial charge in [-0.3, -0.25) is 5.41 Å². The van der Waals surface area contributed by atoms with Crippen molar-refractivity contribution in [2.24, 2.45) is 17.8 Å². The third-order valence-corrected chi connectivity index (χ3v) is 16.6. The zero-order valence-electron chi connectivity index (χ0n) is 49.2. The molecule has 0 amide bonds. The normalized spacial score (nSPS) is 32.8. The third-order valence-electron chi connectivity index (χ3n) is 16.6. The first-order valence-electron chi connectivity index (χ1n) is 29.8. The molecule has 1 N–H and O–H groups in total. The molecule has 5 fully saturated rings. The highest BCUT2D eigenvalue weighted by Gasteiger charge is 2.69. The van der Waals surface area contributed by atoms with Crippen molar-refractivity contribution in [3.8, 4) is 0 Å². The number of rotatable bonds is 25. The summed E-state index contributed by atoms with van der Waals surface area (Å²) in [5.41, 5.74) is 4.66. The molecule has 17 atom stereocenters. The first kappa shape index (κ1) is 60.9. The number of hydrogen-bond donors (Lipinski definition) is 1. The zero-order chi connectivity index (χ0) is 58.6. The van der Waals surface area contributed by atoms with Gasteiger partial charge in [0.05, 0.1) is 83.9 Å². The molecule has 5 aliphatic rings. The lowest BCUT2D eigenvalue weighted by atomic mass is 9.89. The molecule has 0 aromatic heterocycles. The number of ether oxygens (including phenoxy) is 15. The van der Waals surface area contributed by atoms with Crippen LogP contribution in [0.4, 0.5) is 0 Å². The van der Waals surface area contributed by atoms with Crippen LogP contribution in [-0.4, -0.2) is 118 Å². The van der Waals surface area contributed by atoms with Crippen molar-refractivity contribution in [3.63, 3.8) is 0 Å². The molecule has 6 aromatic carbocycles. The largest absolute Gasteiger partial charge is 0.452 e. The van der Waals surface area contributed by atoms with E-state index in [0.29, 0.717) is 26.4 Å². The molecule has 0 aliphatic carbocycles. The standard InChI is InChI=1S/C69H81NO15/c1-46-36-77-67(63(76-41-55-32-20-10-21-33-55)58(46)83-69-45-73-44-68(69,43-72-38-52-26-14-7-15-27-52)84-66(85-69)56-34-22-11-23-35-56)82-61-49(4)78-64(79-50(5)70)48(3)60(61)81-65-47(2)59(74-39-53-28-16-8-17-29-53)62(75-40-54-30-18-9-19-31-54)57(80-65)42-71-37-51-24-12-6-13-25-51/h6-35,46-49,57-67,70H,36-45H2,1-5H3/t46-,47-,48+,49?,57?,58?,59?,60?,61+,62-,63-,64+,65+,66-,67+,68-,69?/m1/s1. The quantitative estimate of drug-likeness (QED) is 0.0425. The first-order valence-corrected chi connectivity index (χ1v) is 29.8. The van der Waals surface area contributed by atoms with E-state index < -0.39 is 97.2 Å². The van der Waals surface area contributed by atoms with Gasteiger partial charge in [-0.2, -0.15) is 0 Å². The molecule has 0 bridgehead atoms. The van der Waals surface area contributed by atoms with Crippen molar-refractivity contribution < 1.29 is 71.1 Å². The minimum absolute atomic E-state index is 0.00347. The van der Waals surface area contributed by atoms with Gasteiger partial charge in [0, 0.05) is 30.2 Å². The molecular weight excluding hydrogens is 1080 g/mol. The molecule has 11 rings (SSSR count). The smallest absolute Gasteiger partial charge is 0.229 e. The Hall–Kier alpha value is -5.77. The topological polar surface area (TPSA) is 162 Å². The van der Waals surface area contributed by atoms with Crippen LogP contribution >= 0.6 is 0 Å². The molecule has 16 nitrogen and oxygen atoms in total. The van der Waals surface area contributed by atoms with Gasteiger partial charge >= 0.3 is 0 Å². The Balaban J connectivity index is 0.907. The zero-order valence-corrected chi connectivity index (χ0v) is 49.2. The van der Waals surface area contributed by atoms with Gasteiger partial charge in [-0.15, -0.1) is 0 Å². The second-order valence-electron chi connectivity index (χ2n) is 23.1. The highest BCUT2D eigenvalue weighted by atomic mass is 16.9. The molecule has 5 heterocycles. The predicted octanol–water partition coefficient (Wildman–Crippen LogP) is 11.3. The number of benzene rings is 6. The minimum atomic E-state index is -1.45. The van der Waals surface area contributed by atoms with Crippen LogP contribution in [0.5, 0.6) is 0 Å².